The Morgan fingerprint density at radius 3 is 2.78 bits per heavy atom. The van der Waals surface area contributed by atoms with Crippen LogP contribution in [0.4, 0.5) is 5.82 Å². The highest BCUT2D eigenvalue weighted by molar-refractivity contribution is 7.99. The number of ether oxygens (including phenoxy) is 1. The van der Waals surface area contributed by atoms with Gasteiger partial charge in [0, 0.05) is 16.3 Å². The topological polar surface area (TPSA) is 84.1 Å². The first-order valence-electron chi connectivity index (χ1n) is 8.93. The van der Waals surface area contributed by atoms with Gasteiger partial charge in [-0.25, -0.2) is 9.78 Å². The molecule has 3 rings (SSSR count). The molecule has 0 saturated heterocycles. The number of fused-ring (bicyclic) bond motifs is 1. The van der Waals surface area contributed by atoms with Crippen molar-refractivity contribution in [2.75, 3.05) is 17.7 Å². The van der Waals surface area contributed by atoms with E-state index in [1.165, 1.54) is 23.1 Å². The van der Waals surface area contributed by atoms with E-state index in [1.807, 2.05) is 25.3 Å². The Balaban J connectivity index is 2.18. The number of aromatic nitrogens is 2. The van der Waals surface area contributed by atoms with Crippen LogP contribution in [0.3, 0.4) is 0 Å². The molecule has 2 aromatic rings. The van der Waals surface area contributed by atoms with Gasteiger partial charge in [-0.3, -0.25) is 4.79 Å². The molecule has 0 spiro atoms. The predicted molar refractivity (Wildman–Crippen MR) is 110 cm³/mol. The minimum Gasteiger partial charge on any atom is -0.463 e. The largest absolute Gasteiger partial charge is 0.463 e. The summed E-state index contributed by atoms with van der Waals surface area (Å²) in [6.45, 7) is 7.94. The standard InChI is InChI=1S/C19H23N3O3S2/c1-5-8-27-19-21-16-14(17(23)22-19)13(15-10(3)7-9-26-15)12(11(4)20-16)18(24)25-6-2/h7,9,13H,5-6,8H2,1-4H3,(H2,20,21,22,23). The van der Waals surface area contributed by atoms with Crippen LogP contribution >= 0.6 is 23.1 Å². The number of allylic oxidation sites excluding steroid dienone is 1. The zero-order chi connectivity index (χ0) is 19.6. The number of rotatable bonds is 6. The average Bonchev–Trinajstić information content (AvgIpc) is 3.04. The van der Waals surface area contributed by atoms with Crippen molar-refractivity contribution in [3.63, 3.8) is 0 Å². The third-order valence-electron chi connectivity index (χ3n) is 4.32. The number of thiophene rings is 1. The lowest BCUT2D eigenvalue weighted by molar-refractivity contribution is -0.138. The van der Waals surface area contributed by atoms with Crippen LogP contribution in [0.1, 0.15) is 49.1 Å². The van der Waals surface area contributed by atoms with Crippen LogP contribution < -0.4 is 10.9 Å². The lowest BCUT2D eigenvalue weighted by Crippen LogP contribution is -2.31. The Morgan fingerprint density at radius 1 is 1.37 bits per heavy atom. The number of aryl methyl sites for hydroxylation is 1. The van der Waals surface area contributed by atoms with E-state index in [0.717, 1.165) is 22.6 Å². The normalized spacial score (nSPS) is 16.1. The number of hydrogen-bond donors (Lipinski definition) is 2. The maximum atomic E-state index is 13.0. The Bertz CT molecular complexity index is 946. The van der Waals surface area contributed by atoms with E-state index in [9.17, 15) is 9.59 Å². The number of H-pyrrole nitrogens is 1. The molecule has 3 heterocycles. The van der Waals surface area contributed by atoms with E-state index in [2.05, 4.69) is 22.2 Å². The van der Waals surface area contributed by atoms with Gasteiger partial charge in [-0.1, -0.05) is 18.7 Å². The van der Waals surface area contributed by atoms with E-state index in [4.69, 9.17) is 4.74 Å². The van der Waals surface area contributed by atoms with Gasteiger partial charge in [0.1, 0.15) is 5.82 Å². The maximum absolute atomic E-state index is 13.0. The van der Waals surface area contributed by atoms with E-state index in [1.54, 1.807) is 6.92 Å². The molecule has 1 aliphatic heterocycles. The van der Waals surface area contributed by atoms with E-state index in [0.29, 0.717) is 27.8 Å². The predicted octanol–water partition coefficient (Wildman–Crippen LogP) is 4.04. The molecule has 1 unspecified atom stereocenters. The second kappa shape index (κ2) is 8.31. The quantitative estimate of drug-likeness (QED) is 0.429. The first-order valence-corrected chi connectivity index (χ1v) is 10.8. The van der Waals surface area contributed by atoms with E-state index >= 15 is 0 Å². The maximum Gasteiger partial charge on any atom is 0.336 e. The van der Waals surface area contributed by atoms with Crippen LogP contribution in [-0.2, 0) is 9.53 Å². The molecule has 1 atom stereocenters. The first-order chi connectivity index (χ1) is 13.0. The number of aromatic amines is 1. The molecule has 27 heavy (non-hydrogen) atoms. The zero-order valence-electron chi connectivity index (χ0n) is 15.8. The minimum absolute atomic E-state index is 0.224. The third kappa shape index (κ3) is 3.82. The minimum atomic E-state index is -0.484. The van der Waals surface area contributed by atoms with Gasteiger partial charge in [0.2, 0.25) is 0 Å². The fraction of sp³-hybridized carbons (Fsp3) is 0.421. The van der Waals surface area contributed by atoms with Crippen molar-refractivity contribution in [1.82, 2.24) is 9.97 Å². The van der Waals surface area contributed by atoms with Crippen LogP contribution in [0.2, 0.25) is 0 Å². The molecule has 2 N–H and O–H groups in total. The molecule has 0 fully saturated rings. The van der Waals surface area contributed by atoms with E-state index in [-0.39, 0.29) is 12.2 Å². The van der Waals surface area contributed by atoms with E-state index < -0.39 is 11.9 Å². The lowest BCUT2D eigenvalue weighted by Gasteiger charge is -2.28. The number of thioether (sulfide) groups is 1. The summed E-state index contributed by atoms with van der Waals surface area (Å²) >= 11 is 3.05. The first kappa shape index (κ1) is 19.7. The van der Waals surface area contributed by atoms with Gasteiger partial charge in [-0.05, 0) is 44.2 Å². The number of carbonyl (C=O) groups excluding carboxylic acids is 1. The highest BCUT2D eigenvalue weighted by atomic mass is 32.2. The number of nitrogens with one attached hydrogen (secondary N) is 2. The van der Waals surface area contributed by atoms with Gasteiger partial charge in [0.05, 0.1) is 23.7 Å². The average molecular weight is 406 g/mol. The highest BCUT2D eigenvalue weighted by Gasteiger charge is 2.37. The molecular weight excluding hydrogens is 382 g/mol. The summed E-state index contributed by atoms with van der Waals surface area (Å²) < 4.78 is 5.28. The molecule has 6 nitrogen and oxygen atoms in total. The van der Waals surface area contributed by atoms with Gasteiger partial charge >= 0.3 is 5.97 Å². The molecule has 1 aliphatic rings. The second-order valence-corrected chi connectivity index (χ2v) is 8.30. The summed E-state index contributed by atoms with van der Waals surface area (Å²) in [4.78, 5) is 34.1. The smallest absolute Gasteiger partial charge is 0.336 e. The van der Waals surface area contributed by atoms with Crippen LogP contribution in [0.5, 0.6) is 0 Å². The van der Waals surface area contributed by atoms with Crippen molar-refractivity contribution < 1.29 is 9.53 Å². The monoisotopic (exact) mass is 405 g/mol. The highest BCUT2D eigenvalue weighted by Crippen LogP contribution is 2.43. The third-order valence-corrected chi connectivity index (χ3v) is 6.49. The summed E-state index contributed by atoms with van der Waals surface area (Å²) in [5, 5.41) is 5.71. The number of anilines is 1. The zero-order valence-corrected chi connectivity index (χ0v) is 17.5. The fourth-order valence-electron chi connectivity index (χ4n) is 3.12. The van der Waals surface area contributed by atoms with Gasteiger partial charge < -0.3 is 15.0 Å². The van der Waals surface area contributed by atoms with Crippen molar-refractivity contribution >= 4 is 34.9 Å². The van der Waals surface area contributed by atoms with Crippen molar-refractivity contribution in [1.29, 1.82) is 0 Å². The number of hydrogen-bond acceptors (Lipinski definition) is 7. The molecular formula is C19H23N3O3S2. The second-order valence-electron chi connectivity index (χ2n) is 6.27. The van der Waals surface area contributed by atoms with Crippen LogP contribution in [0, 0.1) is 6.92 Å². The summed E-state index contributed by atoms with van der Waals surface area (Å²) in [6, 6.07) is 1.99. The molecule has 8 heteroatoms. The molecule has 0 radical (unpaired) electrons. The number of esters is 1. The SMILES string of the molecule is CCCSc1nc2c(c(=O)[nH]1)C(c1sccc1C)C(C(=O)OCC)=C(C)N2. The lowest BCUT2D eigenvalue weighted by atomic mass is 9.85. The fourth-order valence-corrected chi connectivity index (χ4v) is 4.88. The van der Waals surface area contributed by atoms with Crippen LogP contribution in [0.25, 0.3) is 0 Å². The Labute approximate surface area is 166 Å². The van der Waals surface area contributed by atoms with Gasteiger partial charge in [-0.2, -0.15) is 0 Å². The summed E-state index contributed by atoms with van der Waals surface area (Å²) in [5.41, 5.74) is 2.42. The summed E-state index contributed by atoms with van der Waals surface area (Å²) in [6.07, 6.45) is 0.988. The van der Waals surface area contributed by atoms with Crippen molar-refractivity contribution in [2.24, 2.45) is 0 Å². The molecule has 0 aromatic carbocycles. The summed E-state index contributed by atoms with van der Waals surface area (Å²) in [5.74, 6) is 0.496. The molecule has 0 amide bonds. The van der Waals surface area contributed by atoms with Crippen molar-refractivity contribution in [2.45, 2.75) is 45.2 Å². The van der Waals surface area contributed by atoms with Crippen molar-refractivity contribution in [3.8, 4) is 0 Å². The van der Waals surface area contributed by atoms with Gasteiger partial charge in [0.25, 0.3) is 5.56 Å². The number of carbonyl (C=O) groups is 1. The summed E-state index contributed by atoms with van der Waals surface area (Å²) in [7, 11) is 0. The number of nitrogens with zero attached hydrogens (tertiary/aromatic N) is 1. The van der Waals surface area contributed by atoms with Gasteiger partial charge in [-0.15, -0.1) is 11.3 Å². The van der Waals surface area contributed by atoms with Crippen LogP contribution in [0.15, 0.2) is 32.7 Å². The Morgan fingerprint density at radius 2 is 2.15 bits per heavy atom. The van der Waals surface area contributed by atoms with Crippen molar-refractivity contribution in [3.05, 3.63) is 49.1 Å². The van der Waals surface area contributed by atoms with Crippen LogP contribution in [-0.4, -0.2) is 28.3 Å². The van der Waals surface area contributed by atoms with Gasteiger partial charge in [0.15, 0.2) is 5.16 Å². The Kier molecular flexibility index (Phi) is 6.06. The molecule has 0 bridgehead atoms. The Hall–Kier alpha value is -2.06. The molecule has 144 valence electrons. The molecule has 2 aromatic heterocycles. The molecule has 0 saturated carbocycles. The molecule has 0 aliphatic carbocycles.